The van der Waals surface area contributed by atoms with Gasteiger partial charge in [0.15, 0.2) is 0 Å². The van der Waals surface area contributed by atoms with Crippen LogP contribution >= 0.6 is 0 Å². The van der Waals surface area contributed by atoms with Gasteiger partial charge in [-0.2, -0.15) is 0 Å². The summed E-state index contributed by atoms with van der Waals surface area (Å²) in [6.45, 7) is 11.3. The molecule has 0 aliphatic carbocycles. The van der Waals surface area contributed by atoms with Gasteiger partial charge < -0.3 is 14.6 Å². The first-order chi connectivity index (χ1) is 9.07. The van der Waals surface area contributed by atoms with E-state index < -0.39 is 0 Å². The maximum atomic E-state index is 5.47. The zero-order chi connectivity index (χ0) is 13.9. The second-order valence-electron chi connectivity index (χ2n) is 5.64. The maximum absolute atomic E-state index is 5.47. The normalized spacial score (nSPS) is 19.6. The van der Waals surface area contributed by atoms with Crippen molar-refractivity contribution in [1.29, 1.82) is 0 Å². The van der Waals surface area contributed by atoms with Crippen LogP contribution in [0.15, 0.2) is 12.4 Å². The molecule has 1 aliphatic rings. The van der Waals surface area contributed by atoms with Crippen molar-refractivity contribution >= 4 is 0 Å². The molecule has 108 valence electrons. The van der Waals surface area contributed by atoms with Gasteiger partial charge in [-0.25, -0.2) is 4.98 Å². The molecule has 19 heavy (non-hydrogen) atoms. The van der Waals surface area contributed by atoms with E-state index in [1.165, 1.54) is 0 Å². The number of imidazole rings is 1. The van der Waals surface area contributed by atoms with Gasteiger partial charge in [-0.3, -0.25) is 4.90 Å². The molecule has 1 saturated heterocycles. The van der Waals surface area contributed by atoms with E-state index in [0.29, 0.717) is 0 Å². The second-order valence-corrected chi connectivity index (χ2v) is 5.64. The molecule has 1 atom stereocenters. The van der Waals surface area contributed by atoms with E-state index in [4.69, 9.17) is 4.74 Å². The van der Waals surface area contributed by atoms with E-state index in [2.05, 4.69) is 47.6 Å². The van der Waals surface area contributed by atoms with Crippen LogP contribution in [0.25, 0.3) is 0 Å². The standard InChI is InChI=1S/C14H26N4O/c1-5-15-12(13-16-6-7-17(13)4)14(2,3)18-8-10-19-11-9-18/h6-7,12,15H,5,8-11H2,1-4H3. The molecule has 5 heteroatoms. The summed E-state index contributed by atoms with van der Waals surface area (Å²) in [4.78, 5) is 7.04. The van der Waals surface area contributed by atoms with Crippen LogP contribution in [0.4, 0.5) is 0 Å². The number of ether oxygens (including phenoxy) is 1. The number of nitrogens with zero attached hydrogens (tertiary/aromatic N) is 3. The predicted octanol–water partition coefficient (Wildman–Crippen LogP) is 1.18. The lowest BCUT2D eigenvalue weighted by molar-refractivity contribution is -0.0250. The number of morpholine rings is 1. The van der Waals surface area contributed by atoms with E-state index in [1.54, 1.807) is 0 Å². The minimum Gasteiger partial charge on any atom is -0.379 e. The van der Waals surface area contributed by atoms with E-state index >= 15 is 0 Å². The van der Waals surface area contributed by atoms with Gasteiger partial charge in [0.1, 0.15) is 5.82 Å². The van der Waals surface area contributed by atoms with Gasteiger partial charge in [0, 0.05) is 38.1 Å². The Hall–Kier alpha value is -0.910. The van der Waals surface area contributed by atoms with Crippen molar-refractivity contribution < 1.29 is 4.74 Å². The topological polar surface area (TPSA) is 42.3 Å². The van der Waals surface area contributed by atoms with Crippen molar-refractivity contribution in [2.24, 2.45) is 7.05 Å². The van der Waals surface area contributed by atoms with Crippen molar-refractivity contribution in [3.63, 3.8) is 0 Å². The zero-order valence-corrected chi connectivity index (χ0v) is 12.5. The number of aryl methyl sites for hydroxylation is 1. The van der Waals surface area contributed by atoms with E-state index in [-0.39, 0.29) is 11.6 Å². The Balaban J connectivity index is 2.24. The highest BCUT2D eigenvalue weighted by Gasteiger charge is 2.38. The Kier molecular flexibility index (Phi) is 4.60. The van der Waals surface area contributed by atoms with Crippen molar-refractivity contribution in [3.05, 3.63) is 18.2 Å². The predicted molar refractivity (Wildman–Crippen MR) is 76.1 cm³/mol. The fourth-order valence-corrected chi connectivity index (χ4v) is 2.84. The molecule has 1 aliphatic heterocycles. The fourth-order valence-electron chi connectivity index (χ4n) is 2.84. The Morgan fingerprint density at radius 1 is 1.42 bits per heavy atom. The maximum Gasteiger partial charge on any atom is 0.127 e. The summed E-state index contributed by atoms with van der Waals surface area (Å²) in [6.07, 6.45) is 3.88. The number of hydrogen-bond donors (Lipinski definition) is 1. The van der Waals surface area contributed by atoms with Crippen LogP contribution in [0.3, 0.4) is 0 Å². The van der Waals surface area contributed by atoms with Gasteiger partial charge in [-0.1, -0.05) is 6.92 Å². The summed E-state index contributed by atoms with van der Waals surface area (Å²) in [5.74, 6) is 1.10. The zero-order valence-electron chi connectivity index (χ0n) is 12.5. The first kappa shape index (κ1) is 14.5. The van der Waals surface area contributed by atoms with Crippen molar-refractivity contribution in [2.45, 2.75) is 32.4 Å². The molecule has 1 aromatic rings. The van der Waals surface area contributed by atoms with E-state index in [1.807, 2.05) is 12.4 Å². The summed E-state index contributed by atoms with van der Waals surface area (Å²) in [5, 5.41) is 3.60. The molecule has 2 heterocycles. The summed E-state index contributed by atoms with van der Waals surface area (Å²) in [5.41, 5.74) is 0.0128. The smallest absolute Gasteiger partial charge is 0.127 e. The summed E-state index contributed by atoms with van der Waals surface area (Å²) in [6, 6.07) is 0.218. The van der Waals surface area contributed by atoms with Crippen LogP contribution < -0.4 is 5.32 Å². The van der Waals surface area contributed by atoms with Gasteiger partial charge in [-0.15, -0.1) is 0 Å². The molecule has 0 amide bonds. The van der Waals surface area contributed by atoms with Crippen LogP contribution in [-0.2, 0) is 11.8 Å². The lowest BCUT2D eigenvalue weighted by Crippen LogP contribution is -2.56. The van der Waals surface area contributed by atoms with Gasteiger partial charge >= 0.3 is 0 Å². The number of aromatic nitrogens is 2. The lowest BCUT2D eigenvalue weighted by Gasteiger charge is -2.45. The van der Waals surface area contributed by atoms with Crippen LogP contribution in [0.2, 0.25) is 0 Å². The largest absolute Gasteiger partial charge is 0.379 e. The monoisotopic (exact) mass is 266 g/mol. The third-order valence-corrected chi connectivity index (χ3v) is 4.06. The van der Waals surface area contributed by atoms with Crippen LogP contribution in [-0.4, -0.2) is 52.8 Å². The number of likely N-dealkylation sites (N-methyl/N-ethyl adjacent to an activating group) is 1. The average Bonchev–Trinajstić information content (AvgIpc) is 2.83. The van der Waals surface area contributed by atoms with Gasteiger partial charge in [-0.05, 0) is 20.4 Å². The van der Waals surface area contributed by atoms with Crippen LogP contribution in [0, 0.1) is 0 Å². The number of nitrogens with one attached hydrogen (secondary N) is 1. The van der Waals surface area contributed by atoms with Crippen molar-refractivity contribution in [3.8, 4) is 0 Å². The van der Waals surface area contributed by atoms with Crippen molar-refractivity contribution in [2.75, 3.05) is 32.8 Å². The third-order valence-electron chi connectivity index (χ3n) is 4.06. The quantitative estimate of drug-likeness (QED) is 0.869. The Bertz CT molecular complexity index is 396. The number of hydrogen-bond acceptors (Lipinski definition) is 4. The fraction of sp³-hybridized carbons (Fsp3) is 0.786. The molecule has 1 aromatic heterocycles. The molecule has 0 saturated carbocycles. The molecule has 2 rings (SSSR count). The second kappa shape index (κ2) is 6.03. The molecule has 0 bridgehead atoms. The minimum absolute atomic E-state index is 0.0128. The molecule has 1 N–H and O–H groups in total. The minimum atomic E-state index is 0.0128. The summed E-state index contributed by atoms with van der Waals surface area (Å²) >= 11 is 0. The molecular formula is C14H26N4O. The molecular weight excluding hydrogens is 240 g/mol. The van der Waals surface area contributed by atoms with Crippen LogP contribution in [0.5, 0.6) is 0 Å². The van der Waals surface area contributed by atoms with E-state index in [9.17, 15) is 0 Å². The third kappa shape index (κ3) is 2.99. The molecule has 0 radical (unpaired) electrons. The highest BCUT2D eigenvalue weighted by atomic mass is 16.5. The van der Waals surface area contributed by atoms with Crippen LogP contribution in [0.1, 0.15) is 32.6 Å². The number of rotatable bonds is 5. The summed E-state index contributed by atoms with van der Waals surface area (Å²) < 4.78 is 7.57. The molecule has 0 aromatic carbocycles. The van der Waals surface area contributed by atoms with E-state index in [0.717, 1.165) is 38.7 Å². The molecule has 0 spiro atoms. The average molecular weight is 266 g/mol. The highest BCUT2D eigenvalue weighted by Crippen LogP contribution is 2.30. The molecule has 1 unspecified atom stereocenters. The van der Waals surface area contributed by atoms with Gasteiger partial charge in [0.2, 0.25) is 0 Å². The lowest BCUT2D eigenvalue weighted by atomic mass is 9.90. The Labute approximate surface area is 116 Å². The highest BCUT2D eigenvalue weighted by molar-refractivity contribution is 5.08. The first-order valence-electron chi connectivity index (χ1n) is 7.10. The summed E-state index contributed by atoms with van der Waals surface area (Å²) in [7, 11) is 2.06. The Morgan fingerprint density at radius 3 is 2.63 bits per heavy atom. The molecule has 5 nitrogen and oxygen atoms in total. The van der Waals surface area contributed by atoms with Gasteiger partial charge in [0.05, 0.1) is 19.3 Å². The van der Waals surface area contributed by atoms with Gasteiger partial charge in [0.25, 0.3) is 0 Å². The Morgan fingerprint density at radius 2 is 2.11 bits per heavy atom. The first-order valence-corrected chi connectivity index (χ1v) is 7.10. The SMILES string of the molecule is CCNC(c1nccn1C)C(C)(C)N1CCOCC1. The van der Waals surface area contributed by atoms with Crippen molar-refractivity contribution in [1.82, 2.24) is 19.8 Å². The molecule has 1 fully saturated rings.